The van der Waals surface area contributed by atoms with Crippen LogP contribution in [0, 0.1) is 0 Å². The highest BCUT2D eigenvalue weighted by molar-refractivity contribution is 6.34. The average molecular weight is 311 g/mol. The quantitative estimate of drug-likeness (QED) is 0.821. The van der Waals surface area contributed by atoms with Crippen molar-refractivity contribution in [3.63, 3.8) is 0 Å². The van der Waals surface area contributed by atoms with E-state index in [0.717, 1.165) is 0 Å². The number of hydrogen-bond donors (Lipinski definition) is 2. The number of hydrogen-bond acceptors (Lipinski definition) is 3. The molecule has 0 aliphatic rings. The van der Waals surface area contributed by atoms with Gasteiger partial charge in [0, 0.05) is 5.69 Å². The molecule has 0 aliphatic heterocycles. The fourth-order valence-corrected chi connectivity index (χ4v) is 1.53. The van der Waals surface area contributed by atoms with Crippen molar-refractivity contribution in [2.45, 2.75) is 25.6 Å². The van der Waals surface area contributed by atoms with Gasteiger partial charge in [-0.25, -0.2) is 0 Å². The van der Waals surface area contributed by atoms with Gasteiger partial charge in [0.2, 0.25) is 0 Å². The van der Waals surface area contributed by atoms with Gasteiger partial charge in [-0.3, -0.25) is 4.79 Å². The van der Waals surface area contributed by atoms with Crippen LogP contribution in [0.3, 0.4) is 0 Å². The molecule has 0 heterocycles. The zero-order valence-corrected chi connectivity index (χ0v) is 11.4. The molecule has 0 saturated heterocycles. The molecule has 3 N–H and O–H groups in total. The molecule has 1 atom stereocenters. The second-order valence-corrected chi connectivity index (χ2v) is 4.51. The Balaban J connectivity index is 2.49. The Bertz CT molecular complexity index is 480. The lowest BCUT2D eigenvalue weighted by molar-refractivity contribution is -0.152. The van der Waals surface area contributed by atoms with Crippen LogP contribution >= 0.6 is 11.6 Å². The fourth-order valence-electron chi connectivity index (χ4n) is 1.29. The van der Waals surface area contributed by atoms with Gasteiger partial charge in [0.1, 0.15) is 6.10 Å². The maximum Gasteiger partial charge on any atom is 0.391 e. The molecule has 1 amide bonds. The highest BCUT2D eigenvalue weighted by Gasteiger charge is 2.27. The van der Waals surface area contributed by atoms with Gasteiger partial charge in [-0.2, -0.15) is 13.2 Å². The third-order valence-electron chi connectivity index (χ3n) is 2.37. The molecule has 0 aliphatic carbocycles. The molecule has 1 aromatic rings. The van der Waals surface area contributed by atoms with E-state index >= 15 is 0 Å². The molecule has 1 unspecified atom stereocenters. The van der Waals surface area contributed by atoms with Crippen LogP contribution in [0.1, 0.15) is 13.3 Å². The standard InChI is InChI=1S/C12H14ClF3N2O2/c1-7(20-5-4-12(14,15)16)11(19)18-10-3-2-8(17)6-9(10)13/h2-3,6-7H,4-5,17H2,1H3,(H,18,19). The molecule has 0 saturated carbocycles. The average Bonchev–Trinajstić information content (AvgIpc) is 2.30. The third kappa shape index (κ3) is 5.66. The van der Waals surface area contributed by atoms with Crippen molar-refractivity contribution in [2.75, 3.05) is 17.7 Å². The normalized spacial score (nSPS) is 13.1. The van der Waals surface area contributed by atoms with Crippen LogP contribution in [0.25, 0.3) is 0 Å². The number of nitrogens with two attached hydrogens (primary N) is 1. The number of halogens is 4. The van der Waals surface area contributed by atoms with E-state index in [4.69, 9.17) is 22.1 Å². The van der Waals surface area contributed by atoms with Gasteiger partial charge < -0.3 is 15.8 Å². The molecule has 0 spiro atoms. The van der Waals surface area contributed by atoms with E-state index in [0.29, 0.717) is 11.4 Å². The first-order valence-electron chi connectivity index (χ1n) is 5.73. The third-order valence-corrected chi connectivity index (χ3v) is 2.69. The smallest absolute Gasteiger partial charge is 0.391 e. The van der Waals surface area contributed by atoms with E-state index < -0.39 is 31.2 Å². The number of nitrogens with one attached hydrogen (secondary N) is 1. The molecule has 20 heavy (non-hydrogen) atoms. The first-order valence-corrected chi connectivity index (χ1v) is 6.11. The van der Waals surface area contributed by atoms with Crippen LogP contribution in [0.5, 0.6) is 0 Å². The minimum atomic E-state index is -4.31. The summed E-state index contributed by atoms with van der Waals surface area (Å²) in [4.78, 5) is 11.7. The summed E-state index contributed by atoms with van der Waals surface area (Å²) in [6.07, 6.45) is -6.44. The van der Waals surface area contributed by atoms with Crippen molar-refractivity contribution < 1.29 is 22.7 Å². The molecule has 0 bridgehead atoms. The summed E-state index contributed by atoms with van der Waals surface area (Å²) in [5.74, 6) is -0.584. The van der Waals surface area contributed by atoms with Gasteiger partial charge in [-0.05, 0) is 25.1 Å². The second kappa shape index (κ2) is 6.81. The maximum atomic E-state index is 11.9. The molecule has 112 valence electrons. The van der Waals surface area contributed by atoms with Gasteiger partial charge in [-0.1, -0.05) is 11.6 Å². The Labute approximate surface area is 119 Å². The van der Waals surface area contributed by atoms with E-state index in [1.807, 2.05) is 0 Å². The van der Waals surface area contributed by atoms with Crippen molar-refractivity contribution in [1.82, 2.24) is 0 Å². The maximum absolute atomic E-state index is 11.9. The Hall–Kier alpha value is -1.47. The zero-order chi connectivity index (χ0) is 15.3. The summed E-state index contributed by atoms with van der Waals surface area (Å²) in [5.41, 5.74) is 6.25. The lowest BCUT2D eigenvalue weighted by Gasteiger charge is -2.15. The zero-order valence-electron chi connectivity index (χ0n) is 10.6. The predicted octanol–water partition coefficient (Wildman–Crippen LogP) is 3.22. The fraction of sp³-hybridized carbons (Fsp3) is 0.417. The number of benzene rings is 1. The van der Waals surface area contributed by atoms with Crippen molar-refractivity contribution in [3.8, 4) is 0 Å². The van der Waals surface area contributed by atoms with Crippen LogP contribution in [0.2, 0.25) is 5.02 Å². The van der Waals surface area contributed by atoms with Crippen LogP contribution in [0.15, 0.2) is 18.2 Å². The van der Waals surface area contributed by atoms with Gasteiger partial charge in [0.15, 0.2) is 0 Å². The number of amides is 1. The number of carbonyl (C=O) groups is 1. The molecule has 0 fully saturated rings. The Morgan fingerprint density at radius 2 is 2.15 bits per heavy atom. The molecule has 0 radical (unpaired) electrons. The van der Waals surface area contributed by atoms with Gasteiger partial charge in [0.05, 0.1) is 23.7 Å². The monoisotopic (exact) mass is 310 g/mol. The van der Waals surface area contributed by atoms with Gasteiger partial charge >= 0.3 is 6.18 Å². The molecule has 4 nitrogen and oxygen atoms in total. The van der Waals surface area contributed by atoms with Crippen molar-refractivity contribution in [1.29, 1.82) is 0 Å². The number of anilines is 2. The van der Waals surface area contributed by atoms with E-state index in [-0.39, 0.29) is 5.02 Å². The van der Waals surface area contributed by atoms with E-state index in [1.54, 1.807) is 0 Å². The summed E-state index contributed by atoms with van der Waals surface area (Å²) >= 11 is 5.86. The van der Waals surface area contributed by atoms with Crippen LogP contribution < -0.4 is 11.1 Å². The summed E-state index contributed by atoms with van der Waals surface area (Å²) in [6.45, 7) is 0.782. The lowest BCUT2D eigenvalue weighted by atomic mass is 10.2. The number of carbonyl (C=O) groups excluding carboxylic acids is 1. The van der Waals surface area contributed by atoms with E-state index in [1.165, 1.54) is 25.1 Å². The second-order valence-electron chi connectivity index (χ2n) is 4.11. The number of rotatable bonds is 5. The van der Waals surface area contributed by atoms with Crippen LogP contribution in [-0.2, 0) is 9.53 Å². The van der Waals surface area contributed by atoms with Gasteiger partial charge in [-0.15, -0.1) is 0 Å². The Kier molecular flexibility index (Phi) is 5.64. The molecule has 1 aromatic carbocycles. The highest BCUT2D eigenvalue weighted by Crippen LogP contribution is 2.24. The summed E-state index contributed by atoms with van der Waals surface area (Å²) in [7, 11) is 0. The number of alkyl halides is 3. The van der Waals surface area contributed by atoms with Crippen LogP contribution in [0.4, 0.5) is 24.5 Å². The Morgan fingerprint density at radius 1 is 1.50 bits per heavy atom. The number of nitrogen functional groups attached to an aromatic ring is 1. The highest BCUT2D eigenvalue weighted by atomic mass is 35.5. The first kappa shape index (κ1) is 16.6. The minimum absolute atomic E-state index is 0.237. The summed E-state index contributed by atoms with van der Waals surface area (Å²) in [6, 6.07) is 4.49. The summed E-state index contributed by atoms with van der Waals surface area (Å²) in [5, 5.41) is 2.69. The lowest BCUT2D eigenvalue weighted by Crippen LogP contribution is -2.29. The molecule has 1 rings (SSSR count). The molecule has 0 aromatic heterocycles. The summed E-state index contributed by atoms with van der Waals surface area (Å²) < 4.78 is 40.6. The van der Waals surface area contributed by atoms with E-state index in [9.17, 15) is 18.0 Å². The van der Waals surface area contributed by atoms with Crippen molar-refractivity contribution in [3.05, 3.63) is 23.2 Å². The van der Waals surface area contributed by atoms with Crippen LogP contribution in [-0.4, -0.2) is 24.8 Å². The minimum Gasteiger partial charge on any atom is -0.399 e. The Morgan fingerprint density at radius 3 is 2.70 bits per heavy atom. The van der Waals surface area contributed by atoms with Gasteiger partial charge in [0.25, 0.3) is 5.91 Å². The number of ether oxygens (including phenoxy) is 1. The molecular weight excluding hydrogens is 297 g/mol. The van der Waals surface area contributed by atoms with E-state index in [2.05, 4.69) is 5.32 Å². The molecular formula is C12H14ClF3N2O2. The first-order chi connectivity index (χ1) is 9.19. The van der Waals surface area contributed by atoms with Crippen molar-refractivity contribution in [2.24, 2.45) is 0 Å². The van der Waals surface area contributed by atoms with Crippen molar-refractivity contribution >= 4 is 28.9 Å². The topological polar surface area (TPSA) is 64.3 Å². The molecule has 8 heteroatoms. The SMILES string of the molecule is CC(OCCC(F)(F)F)C(=O)Nc1ccc(N)cc1Cl. The predicted molar refractivity (Wildman–Crippen MR) is 70.6 cm³/mol. The largest absolute Gasteiger partial charge is 0.399 e.